The number of aliphatic hydroxyl groups excluding tert-OH is 3. The van der Waals surface area contributed by atoms with Crippen LogP contribution in [0.1, 0.15) is 6.23 Å². The van der Waals surface area contributed by atoms with Crippen molar-refractivity contribution in [3.05, 3.63) is 6.33 Å². The first-order valence-electron chi connectivity index (χ1n) is 7.42. The number of rotatable bonds is 6. The van der Waals surface area contributed by atoms with Crippen LogP contribution in [-0.4, -0.2) is 80.0 Å². The van der Waals surface area contributed by atoms with E-state index in [1.54, 1.807) is 7.11 Å². The van der Waals surface area contributed by atoms with Crippen molar-refractivity contribution in [2.75, 3.05) is 37.9 Å². The Kier molecular flexibility index (Phi) is 4.78. The molecule has 0 saturated carbocycles. The predicted octanol–water partition coefficient (Wildman–Crippen LogP) is -1.92. The van der Waals surface area contributed by atoms with E-state index in [0.29, 0.717) is 30.3 Å². The molecule has 11 nitrogen and oxygen atoms in total. The number of aliphatic hydroxyl groups is 3. The molecule has 0 aliphatic carbocycles. The van der Waals surface area contributed by atoms with Crippen molar-refractivity contribution in [3.63, 3.8) is 0 Å². The number of nitrogens with one attached hydrogen (secondary N) is 1. The van der Waals surface area contributed by atoms with Gasteiger partial charge in [0.2, 0.25) is 5.95 Å². The molecule has 0 spiro atoms. The Balaban J connectivity index is 2.04. The molecule has 0 amide bonds. The number of nitrogen functional groups attached to an aromatic ring is 1. The lowest BCUT2D eigenvalue weighted by Gasteiger charge is -2.19. The van der Waals surface area contributed by atoms with Crippen molar-refractivity contribution in [2.45, 2.75) is 24.5 Å². The molecule has 1 aliphatic heterocycles. The third kappa shape index (κ3) is 2.76. The number of anilines is 2. The first-order valence-corrected chi connectivity index (χ1v) is 7.42. The van der Waals surface area contributed by atoms with E-state index in [9.17, 15) is 15.3 Å². The van der Waals surface area contributed by atoms with Crippen molar-refractivity contribution in [1.82, 2.24) is 19.5 Å². The molecule has 0 aromatic carbocycles. The largest absolute Gasteiger partial charge is 0.394 e. The van der Waals surface area contributed by atoms with Crippen molar-refractivity contribution < 1.29 is 24.8 Å². The number of nitrogens with two attached hydrogens (primary N) is 1. The lowest BCUT2D eigenvalue weighted by molar-refractivity contribution is -0.0501. The second-order valence-electron chi connectivity index (χ2n) is 5.38. The highest BCUT2D eigenvalue weighted by Crippen LogP contribution is 2.34. The van der Waals surface area contributed by atoms with Crippen LogP contribution in [-0.2, 0) is 9.47 Å². The Bertz CT molecular complexity index is 709. The number of hydrogen-bond donors (Lipinski definition) is 5. The molecule has 0 radical (unpaired) electrons. The number of hydrogen-bond acceptors (Lipinski definition) is 10. The number of ether oxygens (including phenoxy) is 2. The zero-order chi connectivity index (χ0) is 17.3. The van der Waals surface area contributed by atoms with E-state index < -0.39 is 31.1 Å². The number of fused-ring (bicyclic) bond motifs is 1. The van der Waals surface area contributed by atoms with E-state index in [4.69, 9.17) is 15.2 Å². The molecule has 1 saturated heterocycles. The number of nitrogens with zero attached hydrogens (tertiary/aromatic N) is 4. The van der Waals surface area contributed by atoms with Gasteiger partial charge in [-0.2, -0.15) is 0 Å². The van der Waals surface area contributed by atoms with Crippen molar-refractivity contribution in [2.24, 2.45) is 0 Å². The van der Waals surface area contributed by atoms with Gasteiger partial charge in [0, 0.05) is 13.7 Å². The summed E-state index contributed by atoms with van der Waals surface area (Å²) in [6, 6.07) is 0. The van der Waals surface area contributed by atoms with Crippen molar-refractivity contribution in [3.8, 4) is 0 Å². The van der Waals surface area contributed by atoms with Crippen LogP contribution in [0.3, 0.4) is 0 Å². The molecule has 3 rings (SSSR count). The number of methoxy groups -OCH3 is 1. The summed E-state index contributed by atoms with van der Waals surface area (Å²) in [5.41, 5.74) is 6.52. The summed E-state index contributed by atoms with van der Waals surface area (Å²) in [5, 5.41) is 32.6. The molecule has 2 aromatic rings. The molecular formula is C13H20N6O5. The highest BCUT2D eigenvalue weighted by atomic mass is 16.6. The molecule has 0 unspecified atom stereocenters. The maximum Gasteiger partial charge on any atom is 0.207 e. The predicted molar refractivity (Wildman–Crippen MR) is 83.1 cm³/mol. The summed E-state index contributed by atoms with van der Waals surface area (Å²) in [6.07, 6.45) is -3.12. The van der Waals surface area contributed by atoms with Crippen LogP contribution >= 0.6 is 0 Å². The lowest BCUT2D eigenvalue weighted by Crippen LogP contribution is -2.33. The topological polar surface area (TPSA) is 161 Å². The normalized spacial score (nSPS) is 27.0. The molecule has 0 bridgehead atoms. The molecular weight excluding hydrogens is 320 g/mol. The fourth-order valence-corrected chi connectivity index (χ4v) is 2.65. The molecule has 1 fully saturated rings. The van der Waals surface area contributed by atoms with Gasteiger partial charge in [0.1, 0.15) is 24.6 Å². The average molecular weight is 340 g/mol. The first-order chi connectivity index (χ1) is 11.6. The smallest absolute Gasteiger partial charge is 0.207 e. The zero-order valence-electron chi connectivity index (χ0n) is 13.0. The van der Waals surface area contributed by atoms with Crippen LogP contribution in [0, 0.1) is 0 Å². The molecule has 6 N–H and O–H groups in total. The van der Waals surface area contributed by atoms with Crippen LogP contribution in [0.2, 0.25) is 0 Å². The zero-order valence-corrected chi connectivity index (χ0v) is 13.0. The monoisotopic (exact) mass is 340 g/mol. The Morgan fingerprint density at radius 3 is 2.83 bits per heavy atom. The van der Waals surface area contributed by atoms with Gasteiger partial charge in [-0.05, 0) is 0 Å². The SMILES string of the molecule is COCCNc1nc2c(N)ncnc2n1[C@H]1O[C@H](CO)[C@@H](O)[C@H]1O. The van der Waals surface area contributed by atoms with Gasteiger partial charge in [-0.3, -0.25) is 4.57 Å². The number of aromatic nitrogens is 4. The van der Waals surface area contributed by atoms with Gasteiger partial charge in [0.25, 0.3) is 0 Å². The van der Waals surface area contributed by atoms with Gasteiger partial charge < -0.3 is 35.8 Å². The summed E-state index contributed by atoms with van der Waals surface area (Å²) in [6.45, 7) is 0.452. The highest BCUT2D eigenvalue weighted by Gasteiger charge is 2.45. The third-order valence-corrected chi connectivity index (χ3v) is 3.87. The molecule has 3 heterocycles. The Labute approximate surface area is 137 Å². The van der Waals surface area contributed by atoms with Gasteiger partial charge in [0.05, 0.1) is 13.2 Å². The third-order valence-electron chi connectivity index (χ3n) is 3.87. The van der Waals surface area contributed by atoms with E-state index in [2.05, 4.69) is 20.3 Å². The van der Waals surface area contributed by atoms with E-state index in [0.717, 1.165) is 0 Å². The quantitative estimate of drug-likeness (QED) is 0.375. The minimum atomic E-state index is -1.27. The van der Waals surface area contributed by atoms with Crippen LogP contribution in [0.15, 0.2) is 6.33 Å². The fraction of sp³-hybridized carbons (Fsp3) is 0.615. The van der Waals surface area contributed by atoms with Crippen LogP contribution < -0.4 is 11.1 Å². The fourth-order valence-electron chi connectivity index (χ4n) is 2.65. The maximum atomic E-state index is 10.3. The molecule has 24 heavy (non-hydrogen) atoms. The van der Waals surface area contributed by atoms with Crippen molar-refractivity contribution in [1.29, 1.82) is 0 Å². The second kappa shape index (κ2) is 6.83. The van der Waals surface area contributed by atoms with Crippen LogP contribution in [0.5, 0.6) is 0 Å². The minimum absolute atomic E-state index is 0.181. The summed E-state index contributed by atoms with van der Waals surface area (Å²) in [5.74, 6) is 0.518. The van der Waals surface area contributed by atoms with Gasteiger partial charge in [0.15, 0.2) is 23.2 Å². The van der Waals surface area contributed by atoms with Crippen LogP contribution in [0.25, 0.3) is 11.2 Å². The Morgan fingerprint density at radius 2 is 2.17 bits per heavy atom. The highest BCUT2D eigenvalue weighted by molar-refractivity contribution is 5.84. The van der Waals surface area contributed by atoms with Gasteiger partial charge in [-0.1, -0.05) is 0 Å². The number of imidazole rings is 1. The van der Waals surface area contributed by atoms with E-state index in [1.165, 1.54) is 10.9 Å². The summed E-state index contributed by atoms with van der Waals surface area (Å²) in [4.78, 5) is 12.4. The summed E-state index contributed by atoms with van der Waals surface area (Å²) >= 11 is 0. The maximum absolute atomic E-state index is 10.3. The van der Waals surface area contributed by atoms with E-state index in [-0.39, 0.29) is 5.82 Å². The standard InChI is InChI=1S/C13H20N6O5/c1-23-3-2-15-13-18-7-10(14)16-5-17-11(7)19(13)12-9(22)8(21)6(4-20)24-12/h5-6,8-9,12,20-22H,2-4H2,1H3,(H,15,18)(H2,14,16,17)/t6-,8-,9-,12+/m1/s1. The lowest BCUT2D eigenvalue weighted by atomic mass is 10.1. The van der Waals surface area contributed by atoms with Gasteiger partial charge in [-0.25, -0.2) is 15.0 Å². The Hall–Kier alpha value is -2.05. The summed E-state index contributed by atoms with van der Waals surface area (Å²) in [7, 11) is 1.57. The molecule has 2 aromatic heterocycles. The first kappa shape index (κ1) is 16.8. The molecule has 132 valence electrons. The van der Waals surface area contributed by atoms with E-state index >= 15 is 0 Å². The van der Waals surface area contributed by atoms with Crippen LogP contribution in [0.4, 0.5) is 11.8 Å². The summed E-state index contributed by atoms with van der Waals surface area (Å²) < 4.78 is 12.1. The van der Waals surface area contributed by atoms with Gasteiger partial charge >= 0.3 is 0 Å². The van der Waals surface area contributed by atoms with Gasteiger partial charge in [-0.15, -0.1) is 0 Å². The average Bonchev–Trinajstić information content (AvgIpc) is 3.07. The molecule has 11 heteroatoms. The molecule has 1 aliphatic rings. The minimum Gasteiger partial charge on any atom is -0.394 e. The Morgan fingerprint density at radius 1 is 1.38 bits per heavy atom. The molecule has 4 atom stereocenters. The van der Waals surface area contributed by atoms with E-state index in [1.807, 2.05) is 0 Å². The second-order valence-corrected chi connectivity index (χ2v) is 5.38. The van der Waals surface area contributed by atoms with Crippen molar-refractivity contribution >= 4 is 22.9 Å².